The highest BCUT2D eigenvalue weighted by Crippen LogP contribution is 2.45. The van der Waals surface area contributed by atoms with Gasteiger partial charge in [-0.05, 0) is 12.5 Å². The van der Waals surface area contributed by atoms with Gasteiger partial charge in [-0.1, -0.05) is 0 Å². The summed E-state index contributed by atoms with van der Waals surface area (Å²) < 4.78 is 28.3. The van der Waals surface area contributed by atoms with Gasteiger partial charge in [0.15, 0.2) is 0 Å². The lowest BCUT2D eigenvalue weighted by Gasteiger charge is -2.42. The minimum Gasteiger partial charge on any atom is -0.345 e. The summed E-state index contributed by atoms with van der Waals surface area (Å²) in [6.45, 7) is -0.242. The number of carbonyl (C=O) groups excluding carboxylic acids is 2. The maximum Gasteiger partial charge on any atom is 0.272 e. The maximum absolute atomic E-state index is 14.1. The number of halogens is 2. The molecule has 2 amide bonds. The number of alkyl halides is 2. The van der Waals surface area contributed by atoms with E-state index in [1.165, 1.54) is 23.5 Å². The summed E-state index contributed by atoms with van der Waals surface area (Å²) >= 11 is 0. The third kappa shape index (κ3) is 2.42. The fourth-order valence-electron chi connectivity index (χ4n) is 3.34. The van der Waals surface area contributed by atoms with Crippen LogP contribution in [0.3, 0.4) is 0 Å². The van der Waals surface area contributed by atoms with E-state index >= 15 is 0 Å². The molecule has 0 radical (unpaired) electrons. The Morgan fingerprint density at radius 1 is 1.36 bits per heavy atom. The molecule has 2 fully saturated rings. The molecule has 0 aliphatic carbocycles. The minimum absolute atomic E-state index is 0.00853. The van der Waals surface area contributed by atoms with Gasteiger partial charge in [0, 0.05) is 32.8 Å². The molecule has 1 spiro atoms. The molecule has 8 heteroatoms. The Hall–Kier alpha value is -2.12. The van der Waals surface area contributed by atoms with E-state index in [1.54, 1.807) is 7.05 Å². The standard InChI is InChI=1S/C14H16F2N4O2/c1-19-5-3-13(12(19)22)6-14(15,16)8-20(7-13)11(21)10-2-4-17-9-18-10/h2,4,9H,3,5-8H2,1H3. The lowest BCUT2D eigenvalue weighted by atomic mass is 9.77. The Morgan fingerprint density at radius 3 is 2.73 bits per heavy atom. The van der Waals surface area contributed by atoms with Crippen molar-refractivity contribution in [1.29, 1.82) is 0 Å². The van der Waals surface area contributed by atoms with Crippen LogP contribution in [0.5, 0.6) is 0 Å². The lowest BCUT2D eigenvalue weighted by Crippen LogP contribution is -2.57. The average molecular weight is 310 g/mol. The molecule has 0 aromatic carbocycles. The Kier molecular flexibility index (Phi) is 3.34. The third-order valence-electron chi connectivity index (χ3n) is 4.33. The normalized spacial score (nSPS) is 27.5. The van der Waals surface area contributed by atoms with E-state index < -0.39 is 30.2 Å². The van der Waals surface area contributed by atoms with Crippen LogP contribution in [0.1, 0.15) is 23.3 Å². The van der Waals surface area contributed by atoms with Crippen molar-refractivity contribution >= 4 is 11.8 Å². The first-order valence-electron chi connectivity index (χ1n) is 7.02. The fourth-order valence-corrected chi connectivity index (χ4v) is 3.34. The van der Waals surface area contributed by atoms with Gasteiger partial charge < -0.3 is 9.80 Å². The van der Waals surface area contributed by atoms with Crippen molar-refractivity contribution in [2.75, 3.05) is 26.7 Å². The van der Waals surface area contributed by atoms with Gasteiger partial charge in [-0.25, -0.2) is 18.7 Å². The number of hydrogen-bond acceptors (Lipinski definition) is 4. The third-order valence-corrected chi connectivity index (χ3v) is 4.33. The van der Waals surface area contributed by atoms with Gasteiger partial charge in [-0.3, -0.25) is 9.59 Å². The molecule has 0 saturated carbocycles. The summed E-state index contributed by atoms with van der Waals surface area (Å²) in [6.07, 6.45) is 2.41. The summed E-state index contributed by atoms with van der Waals surface area (Å²) in [7, 11) is 1.60. The molecule has 1 aromatic heterocycles. The smallest absolute Gasteiger partial charge is 0.272 e. The number of carbonyl (C=O) groups is 2. The largest absolute Gasteiger partial charge is 0.345 e. The molecule has 1 unspecified atom stereocenters. The molecule has 6 nitrogen and oxygen atoms in total. The number of amides is 2. The first-order chi connectivity index (χ1) is 10.3. The number of aromatic nitrogens is 2. The highest BCUT2D eigenvalue weighted by atomic mass is 19.3. The van der Waals surface area contributed by atoms with E-state index in [2.05, 4.69) is 9.97 Å². The lowest BCUT2D eigenvalue weighted by molar-refractivity contribution is -0.150. The van der Waals surface area contributed by atoms with E-state index in [4.69, 9.17) is 0 Å². The molecule has 118 valence electrons. The Labute approximate surface area is 126 Å². The summed E-state index contributed by atoms with van der Waals surface area (Å²) in [5.41, 5.74) is -1.12. The Bertz CT molecular complexity index is 610. The predicted molar refractivity (Wildman–Crippen MR) is 72.2 cm³/mol. The van der Waals surface area contributed by atoms with Crippen molar-refractivity contribution in [2.45, 2.75) is 18.8 Å². The number of piperidine rings is 1. The van der Waals surface area contributed by atoms with Crippen molar-refractivity contribution in [3.8, 4) is 0 Å². The predicted octanol–water partition coefficient (Wildman–Crippen LogP) is 0.806. The van der Waals surface area contributed by atoms with E-state index in [-0.39, 0.29) is 18.1 Å². The van der Waals surface area contributed by atoms with Crippen molar-refractivity contribution < 1.29 is 18.4 Å². The summed E-state index contributed by atoms with van der Waals surface area (Å²) in [5.74, 6) is -3.99. The molecule has 1 aromatic rings. The van der Waals surface area contributed by atoms with Crippen molar-refractivity contribution in [1.82, 2.24) is 19.8 Å². The zero-order valence-electron chi connectivity index (χ0n) is 12.1. The maximum atomic E-state index is 14.1. The van der Waals surface area contributed by atoms with Gasteiger partial charge in [0.2, 0.25) is 5.91 Å². The molecule has 22 heavy (non-hydrogen) atoms. The quantitative estimate of drug-likeness (QED) is 0.770. The number of likely N-dealkylation sites (tertiary alicyclic amines) is 2. The highest BCUT2D eigenvalue weighted by molar-refractivity contribution is 5.93. The number of nitrogens with zero attached hydrogens (tertiary/aromatic N) is 4. The molecule has 0 N–H and O–H groups in total. The zero-order valence-corrected chi connectivity index (χ0v) is 12.1. The highest BCUT2D eigenvalue weighted by Gasteiger charge is 2.57. The monoisotopic (exact) mass is 310 g/mol. The summed E-state index contributed by atoms with van der Waals surface area (Å²) in [4.78, 5) is 34.7. The van der Waals surface area contributed by atoms with E-state index in [1.807, 2.05) is 0 Å². The molecular weight excluding hydrogens is 294 g/mol. The van der Waals surface area contributed by atoms with Gasteiger partial charge in [-0.15, -0.1) is 0 Å². The SMILES string of the molecule is CN1CCC2(CN(C(=O)c3ccncn3)CC(F)(F)C2)C1=O. The second kappa shape index (κ2) is 4.96. The van der Waals surface area contributed by atoms with Crippen LogP contribution in [0.2, 0.25) is 0 Å². The number of rotatable bonds is 1. The second-order valence-electron chi connectivity index (χ2n) is 6.05. The average Bonchev–Trinajstić information content (AvgIpc) is 2.74. The molecule has 1 atom stereocenters. The van der Waals surface area contributed by atoms with Gasteiger partial charge in [-0.2, -0.15) is 0 Å². The molecular formula is C14H16F2N4O2. The van der Waals surface area contributed by atoms with E-state index in [9.17, 15) is 18.4 Å². The molecule has 2 aliphatic heterocycles. The molecule has 2 aliphatic rings. The van der Waals surface area contributed by atoms with Crippen molar-refractivity contribution in [2.24, 2.45) is 5.41 Å². The van der Waals surface area contributed by atoms with Gasteiger partial charge in [0.1, 0.15) is 12.0 Å². The first-order valence-corrected chi connectivity index (χ1v) is 7.02. The van der Waals surface area contributed by atoms with Crippen molar-refractivity contribution in [3.63, 3.8) is 0 Å². The first kappa shape index (κ1) is 14.8. The topological polar surface area (TPSA) is 66.4 Å². The van der Waals surface area contributed by atoms with Crippen LogP contribution in [0.4, 0.5) is 8.78 Å². The summed E-state index contributed by atoms with van der Waals surface area (Å²) in [5, 5.41) is 0. The fraction of sp³-hybridized carbons (Fsp3) is 0.571. The molecule has 2 saturated heterocycles. The van der Waals surface area contributed by atoms with Crippen LogP contribution < -0.4 is 0 Å². The zero-order chi connectivity index (χ0) is 16.0. The van der Waals surface area contributed by atoms with Crippen LogP contribution >= 0.6 is 0 Å². The van der Waals surface area contributed by atoms with Crippen LogP contribution in [0.15, 0.2) is 18.6 Å². The minimum atomic E-state index is -3.08. The van der Waals surface area contributed by atoms with Gasteiger partial charge in [0.05, 0.1) is 12.0 Å². The molecule has 0 bridgehead atoms. The Balaban J connectivity index is 1.90. The van der Waals surface area contributed by atoms with Crippen LogP contribution in [0.25, 0.3) is 0 Å². The second-order valence-corrected chi connectivity index (χ2v) is 6.05. The molecule has 3 heterocycles. The van der Waals surface area contributed by atoms with Crippen LogP contribution in [-0.4, -0.2) is 64.2 Å². The number of hydrogen-bond donors (Lipinski definition) is 0. The van der Waals surface area contributed by atoms with Crippen molar-refractivity contribution in [3.05, 3.63) is 24.3 Å². The van der Waals surface area contributed by atoms with Gasteiger partial charge in [0.25, 0.3) is 11.8 Å². The summed E-state index contributed by atoms with van der Waals surface area (Å²) in [6, 6.07) is 1.38. The molecule has 3 rings (SSSR count). The Morgan fingerprint density at radius 2 is 2.14 bits per heavy atom. The van der Waals surface area contributed by atoms with E-state index in [0.29, 0.717) is 13.0 Å². The van der Waals surface area contributed by atoms with E-state index in [0.717, 1.165) is 4.90 Å². The van der Waals surface area contributed by atoms with Crippen LogP contribution in [0, 0.1) is 5.41 Å². The van der Waals surface area contributed by atoms with Gasteiger partial charge >= 0.3 is 0 Å². The van der Waals surface area contributed by atoms with Crippen LogP contribution in [-0.2, 0) is 4.79 Å².